The zero-order valence-corrected chi connectivity index (χ0v) is 11.7. The molecule has 0 atom stereocenters. The molecule has 3 aromatic rings. The number of aromatic amines is 1. The summed E-state index contributed by atoms with van der Waals surface area (Å²) < 4.78 is 0. The molecule has 0 aliphatic rings. The van der Waals surface area contributed by atoms with Crippen LogP contribution in [0, 0.1) is 0 Å². The van der Waals surface area contributed by atoms with Crippen LogP contribution in [0.1, 0.15) is 5.56 Å². The summed E-state index contributed by atoms with van der Waals surface area (Å²) in [4.78, 5) is 21.1. The summed E-state index contributed by atoms with van der Waals surface area (Å²) in [7, 11) is 1.77. The van der Waals surface area contributed by atoms with Crippen LogP contribution in [0.5, 0.6) is 0 Å². The van der Waals surface area contributed by atoms with Crippen LogP contribution in [0.4, 0.5) is 10.6 Å². The van der Waals surface area contributed by atoms with Gasteiger partial charge in [0.1, 0.15) is 5.82 Å². The molecule has 3 rings (SSSR count). The molecule has 106 valence electrons. The fraction of sp³-hybridized carbons (Fsp3) is 0.125. The van der Waals surface area contributed by atoms with Gasteiger partial charge >= 0.3 is 6.03 Å². The van der Waals surface area contributed by atoms with Crippen LogP contribution < -0.4 is 5.32 Å². The van der Waals surface area contributed by atoms with Gasteiger partial charge in [-0.15, -0.1) is 0 Å². The summed E-state index contributed by atoms with van der Waals surface area (Å²) in [6.07, 6.45) is 3.55. The number of benzene rings is 1. The van der Waals surface area contributed by atoms with E-state index in [0.717, 1.165) is 16.5 Å². The molecule has 0 aliphatic heterocycles. The Morgan fingerprint density at radius 3 is 2.95 bits per heavy atom. The number of H-pyrrole nitrogens is 1. The van der Waals surface area contributed by atoms with Crippen LogP contribution >= 0.6 is 0 Å². The lowest BCUT2D eigenvalue weighted by molar-refractivity contribution is 0.221. The van der Waals surface area contributed by atoms with Crippen molar-refractivity contribution in [2.75, 3.05) is 12.4 Å². The van der Waals surface area contributed by atoms with Gasteiger partial charge in [-0.25, -0.2) is 9.78 Å². The number of nitrogens with zero attached hydrogens (tertiary/aromatic N) is 2. The Balaban J connectivity index is 1.72. The zero-order valence-electron chi connectivity index (χ0n) is 11.7. The van der Waals surface area contributed by atoms with E-state index < -0.39 is 0 Å². The van der Waals surface area contributed by atoms with Crippen LogP contribution in [-0.4, -0.2) is 27.9 Å². The Bertz CT molecular complexity index is 751. The van der Waals surface area contributed by atoms with Gasteiger partial charge in [-0.2, -0.15) is 0 Å². The number of hydrogen-bond donors (Lipinski definition) is 2. The second kappa shape index (κ2) is 5.66. The molecule has 2 amide bonds. The standard InChI is InChI=1S/C16H16N4O/c1-20(16(21)19-15-7-2-3-9-18-15)11-12-5-4-6-14-13(12)8-10-17-14/h2-10,17H,11H2,1H3,(H,18,19,21). The highest BCUT2D eigenvalue weighted by Gasteiger charge is 2.11. The first-order valence-electron chi connectivity index (χ1n) is 6.72. The minimum Gasteiger partial charge on any atom is -0.361 e. The summed E-state index contributed by atoms with van der Waals surface area (Å²) in [5, 5.41) is 3.91. The Kier molecular flexibility index (Phi) is 3.55. The van der Waals surface area contributed by atoms with Gasteiger partial charge in [0.15, 0.2) is 0 Å². The van der Waals surface area contributed by atoms with E-state index in [1.807, 2.05) is 42.6 Å². The lowest BCUT2D eigenvalue weighted by Crippen LogP contribution is -2.31. The SMILES string of the molecule is CN(Cc1cccc2[nH]ccc12)C(=O)Nc1ccccn1. The number of aromatic nitrogens is 2. The number of anilines is 1. The van der Waals surface area contributed by atoms with Crippen molar-refractivity contribution in [3.8, 4) is 0 Å². The Hall–Kier alpha value is -2.82. The molecule has 0 saturated carbocycles. The van der Waals surface area contributed by atoms with Gasteiger partial charge in [0.25, 0.3) is 0 Å². The predicted molar refractivity (Wildman–Crippen MR) is 83.0 cm³/mol. The molecule has 0 fully saturated rings. The Labute approximate surface area is 122 Å². The first-order valence-corrected chi connectivity index (χ1v) is 6.72. The molecule has 2 heterocycles. The number of hydrogen-bond acceptors (Lipinski definition) is 2. The molecule has 0 aliphatic carbocycles. The number of pyridine rings is 1. The van der Waals surface area contributed by atoms with Crippen molar-refractivity contribution in [3.63, 3.8) is 0 Å². The monoisotopic (exact) mass is 280 g/mol. The highest BCUT2D eigenvalue weighted by Crippen LogP contribution is 2.18. The van der Waals surface area contributed by atoms with Gasteiger partial charge in [0, 0.05) is 36.9 Å². The molecule has 0 saturated heterocycles. The summed E-state index contributed by atoms with van der Waals surface area (Å²) in [6, 6.07) is 13.3. The van der Waals surface area contributed by atoms with Gasteiger partial charge < -0.3 is 9.88 Å². The molecule has 0 radical (unpaired) electrons. The van der Waals surface area contributed by atoms with E-state index in [4.69, 9.17) is 0 Å². The van der Waals surface area contributed by atoms with Crippen LogP contribution in [0.25, 0.3) is 10.9 Å². The minimum atomic E-state index is -0.179. The van der Waals surface area contributed by atoms with E-state index in [-0.39, 0.29) is 6.03 Å². The smallest absolute Gasteiger partial charge is 0.323 e. The number of carbonyl (C=O) groups excluding carboxylic acids is 1. The maximum atomic E-state index is 12.2. The number of fused-ring (bicyclic) bond motifs is 1. The molecule has 2 N–H and O–H groups in total. The average Bonchev–Trinajstić information content (AvgIpc) is 2.98. The fourth-order valence-electron chi connectivity index (χ4n) is 2.26. The van der Waals surface area contributed by atoms with Crippen LogP contribution in [0.15, 0.2) is 54.9 Å². The highest BCUT2D eigenvalue weighted by molar-refractivity contribution is 5.89. The lowest BCUT2D eigenvalue weighted by Gasteiger charge is -2.18. The maximum absolute atomic E-state index is 12.2. The van der Waals surface area contributed by atoms with E-state index in [0.29, 0.717) is 12.4 Å². The van der Waals surface area contributed by atoms with E-state index in [1.165, 1.54) is 0 Å². The summed E-state index contributed by atoms with van der Waals surface area (Å²) >= 11 is 0. The molecular weight excluding hydrogens is 264 g/mol. The first kappa shape index (κ1) is 13.2. The topological polar surface area (TPSA) is 61.0 Å². The minimum absolute atomic E-state index is 0.179. The Morgan fingerprint density at radius 2 is 2.14 bits per heavy atom. The number of urea groups is 1. The molecule has 0 unspecified atom stereocenters. The average molecular weight is 280 g/mol. The van der Waals surface area contributed by atoms with Crippen molar-refractivity contribution in [1.29, 1.82) is 0 Å². The van der Waals surface area contributed by atoms with Crippen molar-refractivity contribution < 1.29 is 4.79 Å². The summed E-state index contributed by atoms with van der Waals surface area (Å²) in [5.41, 5.74) is 2.18. The van der Waals surface area contributed by atoms with E-state index in [1.54, 1.807) is 24.2 Å². The van der Waals surface area contributed by atoms with Crippen LogP contribution in [0.3, 0.4) is 0 Å². The third-order valence-corrected chi connectivity index (χ3v) is 3.34. The number of nitrogens with one attached hydrogen (secondary N) is 2. The molecular formula is C16H16N4O. The van der Waals surface area contributed by atoms with E-state index in [2.05, 4.69) is 15.3 Å². The number of amides is 2. The van der Waals surface area contributed by atoms with E-state index in [9.17, 15) is 4.79 Å². The van der Waals surface area contributed by atoms with Crippen molar-refractivity contribution in [2.45, 2.75) is 6.54 Å². The predicted octanol–water partition coefficient (Wildman–Crippen LogP) is 3.23. The third-order valence-electron chi connectivity index (χ3n) is 3.34. The summed E-state index contributed by atoms with van der Waals surface area (Å²) in [6.45, 7) is 0.536. The molecule has 2 aromatic heterocycles. The van der Waals surface area contributed by atoms with Crippen molar-refractivity contribution in [2.24, 2.45) is 0 Å². The van der Waals surface area contributed by atoms with Crippen molar-refractivity contribution >= 4 is 22.8 Å². The van der Waals surface area contributed by atoms with Gasteiger partial charge in [-0.1, -0.05) is 18.2 Å². The molecule has 0 bridgehead atoms. The van der Waals surface area contributed by atoms with Gasteiger partial charge in [0.05, 0.1) is 0 Å². The maximum Gasteiger partial charge on any atom is 0.323 e. The van der Waals surface area contributed by atoms with Crippen molar-refractivity contribution in [3.05, 3.63) is 60.4 Å². The molecule has 0 spiro atoms. The van der Waals surface area contributed by atoms with Crippen molar-refractivity contribution in [1.82, 2.24) is 14.9 Å². The highest BCUT2D eigenvalue weighted by atomic mass is 16.2. The summed E-state index contributed by atoms with van der Waals surface area (Å²) in [5.74, 6) is 0.550. The molecule has 1 aromatic carbocycles. The van der Waals surface area contributed by atoms with Gasteiger partial charge in [0.2, 0.25) is 0 Å². The van der Waals surface area contributed by atoms with Gasteiger partial charge in [-0.05, 0) is 29.8 Å². The fourth-order valence-corrected chi connectivity index (χ4v) is 2.26. The van der Waals surface area contributed by atoms with Crippen LogP contribution in [-0.2, 0) is 6.54 Å². The zero-order chi connectivity index (χ0) is 14.7. The molecule has 5 nitrogen and oxygen atoms in total. The Morgan fingerprint density at radius 1 is 1.24 bits per heavy atom. The molecule has 21 heavy (non-hydrogen) atoms. The van der Waals surface area contributed by atoms with Crippen LogP contribution in [0.2, 0.25) is 0 Å². The number of rotatable bonds is 3. The van der Waals surface area contributed by atoms with E-state index >= 15 is 0 Å². The van der Waals surface area contributed by atoms with Gasteiger partial charge in [-0.3, -0.25) is 5.32 Å². The second-order valence-corrected chi connectivity index (χ2v) is 4.86. The quantitative estimate of drug-likeness (QED) is 0.773. The second-order valence-electron chi connectivity index (χ2n) is 4.86. The first-order chi connectivity index (χ1) is 10.2. The largest absolute Gasteiger partial charge is 0.361 e. The molecule has 5 heteroatoms. The number of carbonyl (C=O) groups is 1. The lowest BCUT2D eigenvalue weighted by atomic mass is 10.1. The third kappa shape index (κ3) is 2.86. The normalized spacial score (nSPS) is 10.5.